The normalized spacial score (nSPS) is 12.2. The molecule has 4 nitrogen and oxygen atoms in total. The Labute approximate surface area is 162 Å². The van der Waals surface area contributed by atoms with Crippen LogP contribution >= 0.6 is 22.9 Å². The maximum absolute atomic E-state index is 13.0. The third-order valence-corrected chi connectivity index (χ3v) is 5.15. The average molecular weight is 399 g/mol. The average Bonchev–Trinajstić information content (AvgIpc) is 3.14. The molecule has 26 heavy (non-hydrogen) atoms. The zero-order valence-corrected chi connectivity index (χ0v) is 16.6. The molecule has 1 amide bonds. The van der Waals surface area contributed by atoms with Gasteiger partial charge < -0.3 is 10.1 Å². The number of carbonyl (C=O) groups is 1. The number of hydrogen-bond acceptors (Lipinski definition) is 4. The van der Waals surface area contributed by atoms with Gasteiger partial charge in [-0.25, -0.2) is 4.39 Å². The van der Waals surface area contributed by atoms with E-state index in [-0.39, 0.29) is 30.0 Å². The van der Waals surface area contributed by atoms with E-state index < -0.39 is 5.82 Å². The zero-order valence-electron chi connectivity index (χ0n) is 15.0. The van der Waals surface area contributed by atoms with Gasteiger partial charge in [-0.2, -0.15) is 11.3 Å². The van der Waals surface area contributed by atoms with Crippen LogP contribution < -0.4 is 10.1 Å². The van der Waals surface area contributed by atoms with Gasteiger partial charge in [0.15, 0.2) is 0 Å². The number of carbonyl (C=O) groups excluding carboxylic acids is 1. The Morgan fingerprint density at radius 3 is 2.73 bits per heavy atom. The SMILES string of the molecule is CCN(CC)C(CNC(=O)CCOc1ccc(F)cc1Cl)c1ccsc1. The highest BCUT2D eigenvalue weighted by atomic mass is 35.5. The molecule has 1 aromatic carbocycles. The number of likely N-dealkylation sites (N-methyl/N-ethyl adjacent to an activating group) is 1. The van der Waals surface area contributed by atoms with Crippen LogP contribution in [0.1, 0.15) is 31.9 Å². The summed E-state index contributed by atoms with van der Waals surface area (Å²) in [4.78, 5) is 14.5. The summed E-state index contributed by atoms with van der Waals surface area (Å²) in [5.74, 6) is -0.133. The standard InChI is InChI=1S/C19H24ClFN2O2S/c1-3-23(4-2)17(14-8-10-26-13-14)12-22-19(24)7-9-25-18-6-5-15(21)11-16(18)20/h5-6,8,10-11,13,17H,3-4,7,9,12H2,1-2H3,(H,22,24). The third kappa shape index (κ3) is 5.97. The lowest BCUT2D eigenvalue weighted by Gasteiger charge is -2.29. The molecule has 0 aliphatic carbocycles. The summed E-state index contributed by atoms with van der Waals surface area (Å²) in [6.07, 6.45) is 0.211. The fourth-order valence-electron chi connectivity index (χ4n) is 2.73. The van der Waals surface area contributed by atoms with E-state index in [4.69, 9.17) is 16.3 Å². The summed E-state index contributed by atoms with van der Waals surface area (Å²) < 4.78 is 18.5. The molecule has 7 heteroatoms. The number of ether oxygens (including phenoxy) is 1. The number of benzene rings is 1. The zero-order chi connectivity index (χ0) is 18.9. The molecular formula is C19H24ClFN2O2S. The molecule has 2 rings (SSSR count). The Morgan fingerprint density at radius 1 is 1.35 bits per heavy atom. The monoisotopic (exact) mass is 398 g/mol. The van der Waals surface area contributed by atoms with Crippen molar-refractivity contribution in [2.45, 2.75) is 26.3 Å². The minimum absolute atomic E-state index is 0.0874. The quantitative estimate of drug-likeness (QED) is 0.640. The molecule has 0 radical (unpaired) electrons. The molecule has 0 bridgehead atoms. The molecule has 0 spiro atoms. The van der Waals surface area contributed by atoms with Crippen molar-refractivity contribution in [3.05, 3.63) is 51.4 Å². The van der Waals surface area contributed by atoms with Crippen LogP contribution in [0.3, 0.4) is 0 Å². The van der Waals surface area contributed by atoms with Crippen molar-refractivity contribution in [1.29, 1.82) is 0 Å². The Balaban J connectivity index is 1.82. The lowest BCUT2D eigenvalue weighted by molar-refractivity contribution is -0.121. The molecule has 1 heterocycles. The van der Waals surface area contributed by atoms with Crippen LogP contribution in [0.15, 0.2) is 35.0 Å². The van der Waals surface area contributed by atoms with E-state index in [0.29, 0.717) is 12.3 Å². The summed E-state index contributed by atoms with van der Waals surface area (Å²) in [5.41, 5.74) is 1.22. The van der Waals surface area contributed by atoms with E-state index in [0.717, 1.165) is 13.1 Å². The first-order valence-electron chi connectivity index (χ1n) is 8.65. The molecule has 0 aliphatic heterocycles. The van der Waals surface area contributed by atoms with E-state index in [9.17, 15) is 9.18 Å². The minimum Gasteiger partial charge on any atom is -0.491 e. The topological polar surface area (TPSA) is 41.6 Å². The van der Waals surface area contributed by atoms with Crippen LogP contribution in [-0.2, 0) is 4.79 Å². The third-order valence-electron chi connectivity index (χ3n) is 4.15. The van der Waals surface area contributed by atoms with Crippen LogP contribution in [0.5, 0.6) is 5.75 Å². The Kier molecular flexibility index (Phi) is 8.35. The van der Waals surface area contributed by atoms with Crippen molar-refractivity contribution in [3.63, 3.8) is 0 Å². The van der Waals surface area contributed by atoms with Crippen LogP contribution in [-0.4, -0.2) is 37.0 Å². The van der Waals surface area contributed by atoms with Gasteiger partial charge in [-0.1, -0.05) is 25.4 Å². The van der Waals surface area contributed by atoms with Crippen molar-refractivity contribution in [2.75, 3.05) is 26.2 Å². The largest absolute Gasteiger partial charge is 0.491 e. The summed E-state index contributed by atoms with van der Waals surface area (Å²) in [6.45, 7) is 6.80. The summed E-state index contributed by atoms with van der Waals surface area (Å²) in [5, 5.41) is 7.35. The second kappa shape index (κ2) is 10.5. The molecule has 2 aromatic rings. The summed E-state index contributed by atoms with van der Waals surface area (Å²) >= 11 is 7.56. The van der Waals surface area contributed by atoms with E-state index in [2.05, 4.69) is 35.5 Å². The number of nitrogens with zero attached hydrogens (tertiary/aromatic N) is 1. The van der Waals surface area contributed by atoms with Crippen LogP contribution in [0.2, 0.25) is 5.02 Å². The van der Waals surface area contributed by atoms with E-state index in [1.165, 1.54) is 23.8 Å². The fourth-order valence-corrected chi connectivity index (χ4v) is 3.66. The minimum atomic E-state index is -0.420. The van der Waals surface area contributed by atoms with Gasteiger partial charge in [0.05, 0.1) is 24.1 Å². The van der Waals surface area contributed by atoms with Gasteiger partial charge >= 0.3 is 0 Å². The second-order valence-corrected chi connectivity index (χ2v) is 6.96. The van der Waals surface area contributed by atoms with Crippen LogP contribution in [0, 0.1) is 5.82 Å². The number of rotatable bonds is 10. The number of nitrogens with one attached hydrogen (secondary N) is 1. The van der Waals surface area contributed by atoms with Gasteiger partial charge in [0.1, 0.15) is 11.6 Å². The Hall–Kier alpha value is -1.63. The predicted molar refractivity (Wildman–Crippen MR) is 105 cm³/mol. The van der Waals surface area contributed by atoms with Crippen molar-refractivity contribution in [1.82, 2.24) is 10.2 Å². The highest BCUT2D eigenvalue weighted by Crippen LogP contribution is 2.25. The van der Waals surface area contributed by atoms with Gasteiger partial charge in [-0.05, 0) is 53.7 Å². The van der Waals surface area contributed by atoms with Gasteiger partial charge in [0.2, 0.25) is 5.91 Å². The van der Waals surface area contributed by atoms with Gasteiger partial charge in [0, 0.05) is 6.54 Å². The second-order valence-electron chi connectivity index (χ2n) is 5.77. The molecule has 1 aromatic heterocycles. The van der Waals surface area contributed by atoms with Gasteiger partial charge in [-0.15, -0.1) is 0 Å². The van der Waals surface area contributed by atoms with Gasteiger partial charge in [-0.3, -0.25) is 9.69 Å². The number of amides is 1. The maximum Gasteiger partial charge on any atom is 0.223 e. The Morgan fingerprint density at radius 2 is 2.12 bits per heavy atom. The molecule has 0 fully saturated rings. The molecule has 0 aliphatic rings. The van der Waals surface area contributed by atoms with Crippen molar-refractivity contribution in [2.24, 2.45) is 0 Å². The molecule has 0 saturated heterocycles. The first kappa shape index (κ1) is 20.7. The van der Waals surface area contributed by atoms with E-state index >= 15 is 0 Å². The van der Waals surface area contributed by atoms with Crippen molar-refractivity contribution < 1.29 is 13.9 Å². The van der Waals surface area contributed by atoms with Crippen LogP contribution in [0.25, 0.3) is 0 Å². The van der Waals surface area contributed by atoms with Crippen molar-refractivity contribution >= 4 is 28.8 Å². The highest BCUT2D eigenvalue weighted by molar-refractivity contribution is 7.07. The first-order valence-corrected chi connectivity index (χ1v) is 9.97. The maximum atomic E-state index is 13.0. The number of thiophene rings is 1. The molecular weight excluding hydrogens is 375 g/mol. The summed E-state index contributed by atoms with van der Waals surface area (Å²) in [6, 6.07) is 6.18. The predicted octanol–water partition coefficient (Wildman–Crippen LogP) is 4.51. The molecule has 142 valence electrons. The van der Waals surface area contributed by atoms with Crippen LogP contribution in [0.4, 0.5) is 4.39 Å². The summed E-state index contributed by atoms with van der Waals surface area (Å²) in [7, 11) is 0. The molecule has 1 atom stereocenters. The fraction of sp³-hybridized carbons (Fsp3) is 0.421. The molecule has 1 unspecified atom stereocenters. The number of hydrogen-bond donors (Lipinski definition) is 1. The highest BCUT2D eigenvalue weighted by Gasteiger charge is 2.19. The smallest absolute Gasteiger partial charge is 0.223 e. The van der Waals surface area contributed by atoms with Gasteiger partial charge in [0.25, 0.3) is 0 Å². The number of halogens is 2. The molecule has 1 N–H and O–H groups in total. The molecule has 0 saturated carbocycles. The lowest BCUT2D eigenvalue weighted by Crippen LogP contribution is -2.38. The van der Waals surface area contributed by atoms with Crippen molar-refractivity contribution in [3.8, 4) is 5.75 Å². The van der Waals surface area contributed by atoms with E-state index in [1.54, 1.807) is 11.3 Å². The Bertz CT molecular complexity index is 693. The first-order chi connectivity index (χ1) is 12.5. The van der Waals surface area contributed by atoms with E-state index in [1.807, 2.05) is 5.38 Å². The lowest BCUT2D eigenvalue weighted by atomic mass is 10.1.